The van der Waals surface area contributed by atoms with Crippen LogP contribution in [-0.4, -0.2) is 60.2 Å². The van der Waals surface area contributed by atoms with Crippen LogP contribution in [0.1, 0.15) is 25.3 Å². The second-order valence-electron chi connectivity index (χ2n) is 6.46. The average molecular weight is 385 g/mol. The van der Waals surface area contributed by atoms with E-state index in [0.29, 0.717) is 17.9 Å². The molecule has 0 spiro atoms. The summed E-state index contributed by atoms with van der Waals surface area (Å²) in [6, 6.07) is 9.95. The van der Waals surface area contributed by atoms with Gasteiger partial charge in [-0.15, -0.1) is 0 Å². The summed E-state index contributed by atoms with van der Waals surface area (Å²) in [5, 5.41) is 9.48. The van der Waals surface area contributed by atoms with Crippen molar-refractivity contribution in [2.45, 2.75) is 19.8 Å². The molecular formula is C20H24N4O2S. The maximum atomic E-state index is 12.3. The molecule has 0 bridgehead atoms. The van der Waals surface area contributed by atoms with Gasteiger partial charge in [0.05, 0.1) is 17.6 Å². The summed E-state index contributed by atoms with van der Waals surface area (Å²) >= 11 is 1.44. The molecular weight excluding hydrogens is 360 g/mol. The summed E-state index contributed by atoms with van der Waals surface area (Å²) in [6.45, 7) is 7.05. The van der Waals surface area contributed by atoms with Gasteiger partial charge in [-0.3, -0.25) is 9.69 Å². The number of aliphatic imine (C=N–C) groups is 1. The lowest BCUT2D eigenvalue weighted by atomic mass is 10.2. The molecule has 0 aromatic heterocycles. The van der Waals surface area contributed by atoms with Crippen LogP contribution in [-0.2, 0) is 4.79 Å². The van der Waals surface area contributed by atoms with Crippen molar-refractivity contribution in [1.29, 1.82) is 5.26 Å². The third-order valence-corrected chi connectivity index (χ3v) is 5.49. The Labute approximate surface area is 164 Å². The Morgan fingerprint density at radius 3 is 2.67 bits per heavy atom. The number of piperazine rings is 1. The molecule has 1 amide bonds. The van der Waals surface area contributed by atoms with E-state index in [1.807, 2.05) is 30.3 Å². The van der Waals surface area contributed by atoms with Crippen LogP contribution in [0.5, 0.6) is 5.75 Å². The van der Waals surface area contributed by atoms with E-state index in [9.17, 15) is 4.79 Å². The lowest BCUT2D eigenvalue weighted by molar-refractivity contribution is -0.113. The molecule has 0 atom stereocenters. The predicted molar refractivity (Wildman–Crippen MR) is 108 cm³/mol. The number of hydrogen-bond donors (Lipinski definition) is 0. The van der Waals surface area contributed by atoms with Crippen LogP contribution >= 0.6 is 11.8 Å². The molecule has 0 unspecified atom stereocenters. The Kier molecular flexibility index (Phi) is 6.91. The minimum Gasteiger partial charge on any atom is -0.494 e. The van der Waals surface area contributed by atoms with Crippen LogP contribution in [0.4, 0.5) is 0 Å². The molecule has 0 radical (unpaired) electrons. The largest absolute Gasteiger partial charge is 0.494 e. The molecule has 0 saturated carbocycles. The van der Waals surface area contributed by atoms with E-state index in [-0.39, 0.29) is 5.91 Å². The maximum Gasteiger partial charge on any atom is 0.286 e. The zero-order valence-corrected chi connectivity index (χ0v) is 16.4. The van der Waals surface area contributed by atoms with Gasteiger partial charge in [0, 0.05) is 39.1 Å². The molecule has 7 heteroatoms. The summed E-state index contributed by atoms with van der Waals surface area (Å²) < 4.78 is 5.59. The third-order valence-electron chi connectivity index (χ3n) is 4.44. The fourth-order valence-corrected chi connectivity index (χ4v) is 3.90. The van der Waals surface area contributed by atoms with Crippen molar-refractivity contribution in [1.82, 2.24) is 9.80 Å². The molecule has 2 aliphatic rings. The number of nitrogens with zero attached hydrogens (tertiary/aromatic N) is 4. The second kappa shape index (κ2) is 9.58. The zero-order chi connectivity index (χ0) is 19.1. The number of ether oxygens (including phenoxy) is 1. The Bertz CT molecular complexity index is 759. The van der Waals surface area contributed by atoms with Gasteiger partial charge in [0.15, 0.2) is 5.17 Å². The predicted octanol–water partition coefficient (Wildman–Crippen LogP) is 2.98. The Balaban J connectivity index is 1.56. The van der Waals surface area contributed by atoms with Crippen molar-refractivity contribution in [2.75, 3.05) is 39.3 Å². The number of benzene rings is 1. The first-order chi connectivity index (χ1) is 13.2. The van der Waals surface area contributed by atoms with Gasteiger partial charge >= 0.3 is 0 Å². The number of amidine groups is 1. The van der Waals surface area contributed by atoms with E-state index in [2.05, 4.69) is 27.8 Å². The summed E-state index contributed by atoms with van der Waals surface area (Å²) in [6.07, 6.45) is 3.42. The van der Waals surface area contributed by atoms with Crippen molar-refractivity contribution in [2.24, 2.45) is 4.99 Å². The molecule has 0 N–H and O–H groups in total. The first kappa shape index (κ1) is 19.5. The Morgan fingerprint density at radius 2 is 2.00 bits per heavy atom. The minimum absolute atomic E-state index is 0.173. The van der Waals surface area contributed by atoms with E-state index in [1.54, 1.807) is 0 Å². The highest BCUT2D eigenvalue weighted by molar-refractivity contribution is 8.18. The highest BCUT2D eigenvalue weighted by atomic mass is 32.2. The van der Waals surface area contributed by atoms with Crippen LogP contribution in [0, 0.1) is 11.3 Å². The quantitative estimate of drug-likeness (QED) is 0.703. The number of nitriles is 1. The number of amides is 1. The smallest absolute Gasteiger partial charge is 0.286 e. The van der Waals surface area contributed by atoms with Gasteiger partial charge < -0.3 is 9.64 Å². The van der Waals surface area contributed by atoms with Crippen LogP contribution in [0.3, 0.4) is 0 Å². The monoisotopic (exact) mass is 384 g/mol. The van der Waals surface area contributed by atoms with Gasteiger partial charge in [-0.05, 0) is 42.0 Å². The van der Waals surface area contributed by atoms with Gasteiger partial charge in [-0.1, -0.05) is 19.1 Å². The molecule has 2 aliphatic heterocycles. The molecule has 1 saturated heterocycles. The lowest BCUT2D eigenvalue weighted by Crippen LogP contribution is -2.47. The molecule has 6 nitrogen and oxygen atoms in total. The number of thioether (sulfide) groups is 1. The Morgan fingerprint density at radius 1 is 1.26 bits per heavy atom. The van der Waals surface area contributed by atoms with Gasteiger partial charge in [-0.25, -0.2) is 0 Å². The van der Waals surface area contributed by atoms with Crippen LogP contribution < -0.4 is 4.74 Å². The van der Waals surface area contributed by atoms with E-state index in [4.69, 9.17) is 10.00 Å². The molecule has 2 heterocycles. The fourth-order valence-electron chi connectivity index (χ4n) is 2.94. The SMILES string of the molecule is CCCOc1ccc(/C=C2\SC(N3CCN(CCC#N)CC3)=NC2=O)cc1. The molecule has 1 aromatic carbocycles. The maximum absolute atomic E-state index is 12.3. The van der Waals surface area contributed by atoms with Crippen molar-refractivity contribution in [3.63, 3.8) is 0 Å². The van der Waals surface area contributed by atoms with Gasteiger partial charge in [0.25, 0.3) is 5.91 Å². The summed E-state index contributed by atoms with van der Waals surface area (Å²) in [4.78, 5) is 21.6. The van der Waals surface area contributed by atoms with Crippen LogP contribution in [0.2, 0.25) is 0 Å². The lowest BCUT2D eigenvalue weighted by Gasteiger charge is -2.34. The molecule has 27 heavy (non-hydrogen) atoms. The van der Waals surface area contributed by atoms with Crippen LogP contribution in [0.15, 0.2) is 34.2 Å². The molecule has 142 valence electrons. The third kappa shape index (κ3) is 5.34. The van der Waals surface area contributed by atoms with Crippen molar-refractivity contribution in [3.05, 3.63) is 34.7 Å². The summed E-state index contributed by atoms with van der Waals surface area (Å²) in [7, 11) is 0. The summed E-state index contributed by atoms with van der Waals surface area (Å²) in [5.74, 6) is 0.670. The number of hydrogen-bond acceptors (Lipinski definition) is 6. The first-order valence-electron chi connectivity index (χ1n) is 9.29. The van der Waals surface area contributed by atoms with Gasteiger partial charge in [-0.2, -0.15) is 10.3 Å². The molecule has 1 aromatic rings. The minimum atomic E-state index is -0.173. The number of carbonyl (C=O) groups excluding carboxylic acids is 1. The van der Waals surface area contributed by atoms with Crippen molar-refractivity contribution < 1.29 is 9.53 Å². The first-order valence-corrected chi connectivity index (χ1v) is 10.1. The highest BCUT2D eigenvalue weighted by Crippen LogP contribution is 2.31. The second-order valence-corrected chi connectivity index (χ2v) is 7.47. The molecule has 0 aliphatic carbocycles. The normalized spacial score (nSPS) is 19.3. The Hall–Kier alpha value is -2.30. The highest BCUT2D eigenvalue weighted by Gasteiger charge is 2.28. The number of rotatable bonds is 6. The fraction of sp³-hybridized carbons (Fsp3) is 0.450. The topological polar surface area (TPSA) is 68.9 Å². The van der Waals surface area contributed by atoms with E-state index >= 15 is 0 Å². The van der Waals surface area contributed by atoms with Crippen molar-refractivity contribution >= 4 is 28.9 Å². The number of carbonyl (C=O) groups is 1. The van der Waals surface area contributed by atoms with Gasteiger partial charge in [0.1, 0.15) is 5.75 Å². The molecule has 3 rings (SSSR count). The van der Waals surface area contributed by atoms with Crippen LogP contribution in [0.25, 0.3) is 6.08 Å². The van der Waals surface area contributed by atoms with E-state index in [1.165, 1.54) is 11.8 Å². The average Bonchev–Trinajstić information content (AvgIpc) is 3.06. The molecule has 1 fully saturated rings. The van der Waals surface area contributed by atoms with Crippen molar-refractivity contribution in [3.8, 4) is 11.8 Å². The summed E-state index contributed by atoms with van der Waals surface area (Å²) in [5.41, 5.74) is 0.965. The zero-order valence-electron chi connectivity index (χ0n) is 15.6. The standard InChI is InChI=1S/C20H24N4O2S/c1-2-14-26-17-6-4-16(5-7-17)15-18-19(25)22-20(27-18)24-12-10-23(11-13-24)9-3-8-21/h4-7,15H,2-3,9-14H2,1H3/b18-15-. The van der Waals surface area contributed by atoms with E-state index in [0.717, 1.165) is 55.6 Å². The van der Waals surface area contributed by atoms with Gasteiger partial charge in [0.2, 0.25) is 0 Å². The van der Waals surface area contributed by atoms with E-state index < -0.39 is 0 Å².